The number of benzene rings is 1. The van der Waals surface area contributed by atoms with Crippen LogP contribution < -0.4 is 4.90 Å². The predicted molar refractivity (Wildman–Crippen MR) is 69.7 cm³/mol. The summed E-state index contributed by atoms with van der Waals surface area (Å²) < 4.78 is 0.857. The molecule has 0 atom stereocenters. The number of rotatable bonds is 1. The van der Waals surface area contributed by atoms with Crippen molar-refractivity contribution in [3.63, 3.8) is 0 Å². The summed E-state index contributed by atoms with van der Waals surface area (Å²) in [6.07, 6.45) is 0. The molecule has 17 heavy (non-hydrogen) atoms. The fraction of sp³-hybridized carbons (Fsp3) is 0.231. The molecular formula is C13H12BrNO2. The van der Waals surface area contributed by atoms with E-state index in [0.29, 0.717) is 16.8 Å². The van der Waals surface area contributed by atoms with Crippen molar-refractivity contribution in [1.82, 2.24) is 0 Å². The summed E-state index contributed by atoms with van der Waals surface area (Å²) in [5.74, 6) is -0.463. The number of anilines is 1. The standard InChI is InChI=1S/C13H12BrNO2/c1-7-4-10(14)6-11(5-7)15-12(16)8(2)9(3)13(15)17/h4-6H,1-3H3. The molecule has 3 nitrogen and oxygen atoms in total. The lowest BCUT2D eigenvalue weighted by Gasteiger charge is -2.15. The van der Waals surface area contributed by atoms with Gasteiger partial charge in [-0.2, -0.15) is 0 Å². The normalized spacial score (nSPS) is 16.1. The molecule has 1 aliphatic heterocycles. The highest BCUT2D eigenvalue weighted by atomic mass is 79.9. The topological polar surface area (TPSA) is 37.4 Å². The predicted octanol–water partition coefficient (Wildman–Crippen LogP) is 2.97. The van der Waals surface area contributed by atoms with Crippen LogP contribution in [0.5, 0.6) is 0 Å². The van der Waals surface area contributed by atoms with Crippen LogP contribution in [0.25, 0.3) is 0 Å². The fourth-order valence-electron chi connectivity index (χ4n) is 1.83. The van der Waals surface area contributed by atoms with Gasteiger partial charge in [-0.1, -0.05) is 15.9 Å². The highest BCUT2D eigenvalue weighted by Gasteiger charge is 2.34. The van der Waals surface area contributed by atoms with E-state index in [-0.39, 0.29) is 11.8 Å². The zero-order chi connectivity index (χ0) is 12.7. The smallest absolute Gasteiger partial charge is 0.261 e. The first-order valence-electron chi connectivity index (χ1n) is 5.25. The monoisotopic (exact) mass is 293 g/mol. The average molecular weight is 294 g/mol. The molecular weight excluding hydrogens is 282 g/mol. The van der Waals surface area contributed by atoms with Crippen LogP contribution in [0.3, 0.4) is 0 Å². The van der Waals surface area contributed by atoms with Crippen molar-refractivity contribution in [3.05, 3.63) is 39.4 Å². The Hall–Kier alpha value is -1.42. The van der Waals surface area contributed by atoms with Crippen molar-refractivity contribution in [3.8, 4) is 0 Å². The van der Waals surface area contributed by atoms with Gasteiger partial charge < -0.3 is 0 Å². The first kappa shape index (κ1) is 12.0. The molecule has 0 aromatic heterocycles. The molecule has 2 rings (SSSR count). The van der Waals surface area contributed by atoms with Gasteiger partial charge in [-0.25, -0.2) is 4.90 Å². The number of imide groups is 1. The van der Waals surface area contributed by atoms with Crippen molar-refractivity contribution >= 4 is 33.4 Å². The molecule has 0 saturated heterocycles. The molecule has 88 valence electrons. The Kier molecular flexibility index (Phi) is 2.91. The van der Waals surface area contributed by atoms with E-state index in [1.54, 1.807) is 19.9 Å². The number of nitrogens with zero attached hydrogens (tertiary/aromatic N) is 1. The molecule has 1 aromatic carbocycles. The summed E-state index contributed by atoms with van der Waals surface area (Å²) in [7, 11) is 0. The van der Waals surface area contributed by atoms with Gasteiger partial charge in [0.2, 0.25) is 0 Å². The number of carbonyl (C=O) groups is 2. The number of hydrogen-bond donors (Lipinski definition) is 0. The van der Waals surface area contributed by atoms with Gasteiger partial charge in [-0.05, 0) is 44.5 Å². The molecule has 2 amide bonds. The number of aryl methyl sites for hydroxylation is 1. The Morgan fingerprint density at radius 3 is 1.94 bits per heavy atom. The van der Waals surface area contributed by atoms with Gasteiger partial charge in [0, 0.05) is 15.6 Å². The molecule has 1 aliphatic rings. The Bertz CT molecular complexity index is 516. The van der Waals surface area contributed by atoms with Crippen LogP contribution >= 0.6 is 15.9 Å². The van der Waals surface area contributed by atoms with Crippen LogP contribution in [0, 0.1) is 6.92 Å². The van der Waals surface area contributed by atoms with Gasteiger partial charge in [-0.15, -0.1) is 0 Å². The van der Waals surface area contributed by atoms with E-state index < -0.39 is 0 Å². The molecule has 0 radical (unpaired) electrons. The first-order chi connectivity index (χ1) is 7.91. The third kappa shape index (κ3) is 1.93. The molecule has 0 N–H and O–H groups in total. The van der Waals surface area contributed by atoms with E-state index in [9.17, 15) is 9.59 Å². The second-order valence-electron chi connectivity index (χ2n) is 4.18. The summed E-state index contributed by atoms with van der Waals surface area (Å²) in [6, 6.07) is 5.53. The lowest BCUT2D eigenvalue weighted by atomic mass is 10.2. The van der Waals surface area contributed by atoms with Gasteiger partial charge in [0.25, 0.3) is 11.8 Å². The first-order valence-corrected chi connectivity index (χ1v) is 6.04. The van der Waals surface area contributed by atoms with Crippen molar-refractivity contribution in [1.29, 1.82) is 0 Å². The summed E-state index contributed by atoms with van der Waals surface area (Å²) in [5.41, 5.74) is 2.65. The number of hydrogen-bond acceptors (Lipinski definition) is 2. The zero-order valence-electron chi connectivity index (χ0n) is 9.87. The second-order valence-corrected chi connectivity index (χ2v) is 5.10. The van der Waals surface area contributed by atoms with Gasteiger partial charge in [-0.3, -0.25) is 9.59 Å². The minimum Gasteiger partial charge on any atom is -0.269 e. The Morgan fingerprint density at radius 1 is 0.941 bits per heavy atom. The fourth-order valence-corrected chi connectivity index (χ4v) is 2.42. The molecule has 0 saturated carbocycles. The molecule has 0 fully saturated rings. The Morgan fingerprint density at radius 2 is 1.47 bits per heavy atom. The van der Waals surface area contributed by atoms with E-state index in [1.807, 2.05) is 19.1 Å². The second kappa shape index (κ2) is 4.11. The maximum absolute atomic E-state index is 12.0. The van der Waals surface area contributed by atoms with Crippen LogP contribution in [0.15, 0.2) is 33.8 Å². The van der Waals surface area contributed by atoms with Crippen LogP contribution in [0.1, 0.15) is 19.4 Å². The van der Waals surface area contributed by atoms with Gasteiger partial charge in [0.05, 0.1) is 5.69 Å². The van der Waals surface area contributed by atoms with E-state index in [0.717, 1.165) is 10.0 Å². The number of amides is 2. The molecule has 0 bridgehead atoms. The molecule has 0 unspecified atom stereocenters. The third-order valence-corrected chi connectivity index (χ3v) is 3.35. The van der Waals surface area contributed by atoms with Crippen LogP contribution in [0.2, 0.25) is 0 Å². The Balaban J connectivity index is 2.50. The lowest BCUT2D eigenvalue weighted by Crippen LogP contribution is -2.31. The average Bonchev–Trinajstić information content (AvgIpc) is 2.42. The van der Waals surface area contributed by atoms with Crippen LogP contribution in [0.4, 0.5) is 5.69 Å². The maximum atomic E-state index is 12.0. The lowest BCUT2D eigenvalue weighted by molar-refractivity contribution is -0.120. The molecule has 4 heteroatoms. The Labute approximate surface area is 108 Å². The van der Waals surface area contributed by atoms with Crippen LogP contribution in [-0.4, -0.2) is 11.8 Å². The van der Waals surface area contributed by atoms with Gasteiger partial charge >= 0.3 is 0 Å². The molecule has 0 spiro atoms. The van der Waals surface area contributed by atoms with E-state index in [2.05, 4.69) is 15.9 Å². The van der Waals surface area contributed by atoms with Crippen molar-refractivity contribution in [2.75, 3.05) is 4.90 Å². The zero-order valence-corrected chi connectivity index (χ0v) is 11.5. The summed E-state index contributed by atoms with van der Waals surface area (Å²) in [4.78, 5) is 25.2. The quantitative estimate of drug-likeness (QED) is 0.747. The van der Waals surface area contributed by atoms with Crippen LogP contribution in [-0.2, 0) is 9.59 Å². The number of carbonyl (C=O) groups excluding carboxylic acids is 2. The SMILES string of the molecule is CC1=C(C)C(=O)N(c2cc(C)cc(Br)c2)C1=O. The summed E-state index contributed by atoms with van der Waals surface area (Å²) in [5, 5.41) is 0. The summed E-state index contributed by atoms with van der Waals surface area (Å²) in [6.45, 7) is 5.28. The minimum absolute atomic E-state index is 0.231. The summed E-state index contributed by atoms with van der Waals surface area (Å²) >= 11 is 3.37. The molecule has 0 aliphatic carbocycles. The largest absolute Gasteiger partial charge is 0.269 e. The third-order valence-electron chi connectivity index (χ3n) is 2.90. The van der Waals surface area contributed by atoms with Crippen molar-refractivity contribution in [2.24, 2.45) is 0 Å². The molecule has 1 aromatic rings. The van der Waals surface area contributed by atoms with Gasteiger partial charge in [0.1, 0.15) is 0 Å². The van der Waals surface area contributed by atoms with Crippen molar-refractivity contribution in [2.45, 2.75) is 20.8 Å². The maximum Gasteiger partial charge on any atom is 0.261 e. The number of halogens is 1. The highest BCUT2D eigenvalue weighted by Crippen LogP contribution is 2.29. The highest BCUT2D eigenvalue weighted by molar-refractivity contribution is 9.10. The minimum atomic E-state index is -0.231. The van der Waals surface area contributed by atoms with Gasteiger partial charge in [0.15, 0.2) is 0 Å². The van der Waals surface area contributed by atoms with E-state index >= 15 is 0 Å². The molecule has 1 heterocycles. The van der Waals surface area contributed by atoms with Crippen molar-refractivity contribution < 1.29 is 9.59 Å². The van der Waals surface area contributed by atoms with E-state index in [1.165, 1.54) is 4.90 Å². The van der Waals surface area contributed by atoms with E-state index in [4.69, 9.17) is 0 Å².